The maximum absolute atomic E-state index is 10.2. The van der Waals surface area contributed by atoms with E-state index in [-0.39, 0.29) is 0 Å². The fourth-order valence-electron chi connectivity index (χ4n) is 0.572. The highest BCUT2D eigenvalue weighted by Gasteiger charge is 2.08. The summed E-state index contributed by atoms with van der Waals surface area (Å²) in [7, 11) is 0. The maximum atomic E-state index is 10.2. The lowest BCUT2D eigenvalue weighted by atomic mass is 10.3. The molecule has 0 rings (SSSR count). The SMILES string of the molecule is NCCCNCC(N)C(=O)O. The molecule has 0 radical (unpaired) electrons. The van der Waals surface area contributed by atoms with Crippen molar-refractivity contribution in [3.05, 3.63) is 0 Å². The van der Waals surface area contributed by atoms with Gasteiger partial charge in [-0.15, -0.1) is 0 Å². The van der Waals surface area contributed by atoms with E-state index in [1.807, 2.05) is 0 Å². The largest absolute Gasteiger partial charge is 0.480 e. The van der Waals surface area contributed by atoms with E-state index in [0.717, 1.165) is 13.0 Å². The first kappa shape index (κ1) is 10.3. The van der Waals surface area contributed by atoms with Crippen molar-refractivity contribution in [2.45, 2.75) is 12.5 Å². The van der Waals surface area contributed by atoms with Crippen LogP contribution in [0, 0.1) is 0 Å². The first-order valence-electron chi connectivity index (χ1n) is 3.57. The predicted octanol–water partition coefficient (Wildman–Crippen LogP) is -1.66. The lowest BCUT2D eigenvalue weighted by molar-refractivity contribution is -0.138. The van der Waals surface area contributed by atoms with Crippen LogP contribution in [0.5, 0.6) is 0 Å². The van der Waals surface area contributed by atoms with Gasteiger partial charge in [0.05, 0.1) is 0 Å². The van der Waals surface area contributed by atoms with Gasteiger partial charge in [-0.2, -0.15) is 0 Å². The van der Waals surface area contributed by atoms with E-state index in [4.69, 9.17) is 16.6 Å². The summed E-state index contributed by atoms with van der Waals surface area (Å²) in [6.07, 6.45) is 0.840. The molecular weight excluding hydrogens is 146 g/mol. The average Bonchev–Trinajstić information content (AvgIpc) is 1.97. The molecule has 5 nitrogen and oxygen atoms in total. The molecule has 0 saturated heterocycles. The van der Waals surface area contributed by atoms with Crippen molar-refractivity contribution in [1.82, 2.24) is 5.32 Å². The summed E-state index contributed by atoms with van der Waals surface area (Å²) >= 11 is 0. The third kappa shape index (κ3) is 5.78. The number of hydrogen-bond acceptors (Lipinski definition) is 4. The number of nitrogens with two attached hydrogens (primary N) is 2. The zero-order chi connectivity index (χ0) is 8.69. The predicted molar refractivity (Wildman–Crippen MR) is 42.2 cm³/mol. The number of carboxylic acids is 1. The summed E-state index contributed by atoms with van der Waals surface area (Å²) in [6, 6.07) is -0.812. The molecule has 0 amide bonds. The van der Waals surface area contributed by atoms with Crippen molar-refractivity contribution in [1.29, 1.82) is 0 Å². The molecule has 6 N–H and O–H groups in total. The lowest BCUT2D eigenvalue weighted by Gasteiger charge is -2.06. The Hall–Kier alpha value is -0.650. The van der Waals surface area contributed by atoms with Crippen LogP contribution in [0.2, 0.25) is 0 Å². The molecule has 1 atom stereocenters. The molecule has 0 aromatic carbocycles. The van der Waals surface area contributed by atoms with Crippen molar-refractivity contribution in [2.75, 3.05) is 19.6 Å². The summed E-state index contributed by atoms with van der Waals surface area (Å²) in [5.74, 6) is -0.981. The molecule has 0 saturated carbocycles. The van der Waals surface area contributed by atoms with Gasteiger partial charge in [-0.05, 0) is 19.5 Å². The van der Waals surface area contributed by atoms with Gasteiger partial charge < -0.3 is 21.9 Å². The van der Waals surface area contributed by atoms with Crippen LogP contribution < -0.4 is 16.8 Å². The minimum Gasteiger partial charge on any atom is -0.480 e. The smallest absolute Gasteiger partial charge is 0.321 e. The standard InChI is InChI=1S/C6H15N3O2/c7-2-1-3-9-4-5(8)6(10)11/h5,9H,1-4,7-8H2,(H,10,11). The van der Waals surface area contributed by atoms with Crippen molar-refractivity contribution < 1.29 is 9.90 Å². The lowest BCUT2D eigenvalue weighted by Crippen LogP contribution is -2.40. The highest BCUT2D eigenvalue weighted by Crippen LogP contribution is 1.76. The molecule has 0 aliphatic heterocycles. The molecule has 66 valence electrons. The summed E-state index contributed by atoms with van der Waals surface area (Å²) in [6.45, 7) is 1.63. The van der Waals surface area contributed by atoms with Crippen molar-refractivity contribution in [3.63, 3.8) is 0 Å². The number of nitrogens with one attached hydrogen (secondary N) is 1. The van der Waals surface area contributed by atoms with E-state index >= 15 is 0 Å². The Bertz CT molecular complexity index is 118. The fourth-order valence-corrected chi connectivity index (χ4v) is 0.572. The van der Waals surface area contributed by atoms with Gasteiger partial charge in [0, 0.05) is 6.54 Å². The van der Waals surface area contributed by atoms with E-state index in [9.17, 15) is 4.79 Å². The quantitative estimate of drug-likeness (QED) is 0.349. The molecule has 0 aromatic heterocycles. The summed E-state index contributed by atoms with van der Waals surface area (Å²) in [5, 5.41) is 11.2. The van der Waals surface area contributed by atoms with Gasteiger partial charge in [-0.1, -0.05) is 0 Å². The molecule has 0 spiro atoms. The first-order chi connectivity index (χ1) is 5.18. The number of carboxylic acid groups (broad SMARTS) is 1. The molecule has 0 bridgehead atoms. The Morgan fingerprint density at radius 3 is 2.73 bits per heavy atom. The molecule has 0 aliphatic carbocycles. The van der Waals surface area contributed by atoms with Gasteiger partial charge in [0.1, 0.15) is 6.04 Å². The molecule has 0 heterocycles. The van der Waals surface area contributed by atoms with E-state index in [2.05, 4.69) is 5.32 Å². The molecule has 0 fully saturated rings. The second-order valence-electron chi connectivity index (χ2n) is 2.29. The van der Waals surface area contributed by atoms with Crippen LogP contribution in [0.25, 0.3) is 0 Å². The van der Waals surface area contributed by atoms with Crippen LogP contribution in [-0.2, 0) is 4.79 Å². The highest BCUT2D eigenvalue weighted by molar-refractivity contribution is 5.73. The van der Waals surface area contributed by atoms with Crippen LogP contribution in [0.4, 0.5) is 0 Å². The van der Waals surface area contributed by atoms with Crippen molar-refractivity contribution in [3.8, 4) is 0 Å². The topological polar surface area (TPSA) is 101 Å². The number of carbonyl (C=O) groups is 1. The Labute approximate surface area is 65.7 Å². The molecular formula is C6H15N3O2. The monoisotopic (exact) mass is 161 g/mol. The number of hydrogen-bond donors (Lipinski definition) is 4. The zero-order valence-corrected chi connectivity index (χ0v) is 6.42. The van der Waals surface area contributed by atoms with Gasteiger partial charge in [0.25, 0.3) is 0 Å². The van der Waals surface area contributed by atoms with Gasteiger partial charge >= 0.3 is 5.97 Å². The molecule has 1 unspecified atom stereocenters. The third-order valence-electron chi connectivity index (χ3n) is 1.24. The minimum atomic E-state index is -0.981. The maximum Gasteiger partial charge on any atom is 0.321 e. The molecule has 0 aromatic rings. The average molecular weight is 161 g/mol. The van der Waals surface area contributed by atoms with Crippen LogP contribution >= 0.6 is 0 Å². The van der Waals surface area contributed by atoms with Gasteiger partial charge in [0.15, 0.2) is 0 Å². The van der Waals surface area contributed by atoms with Crippen LogP contribution in [0.1, 0.15) is 6.42 Å². The van der Waals surface area contributed by atoms with Gasteiger partial charge in [-0.3, -0.25) is 4.79 Å². The van der Waals surface area contributed by atoms with Crippen LogP contribution in [0.3, 0.4) is 0 Å². The molecule has 0 aliphatic rings. The van der Waals surface area contributed by atoms with E-state index in [0.29, 0.717) is 13.1 Å². The van der Waals surface area contributed by atoms with Crippen molar-refractivity contribution >= 4 is 5.97 Å². The van der Waals surface area contributed by atoms with Crippen molar-refractivity contribution in [2.24, 2.45) is 11.5 Å². The molecule has 5 heteroatoms. The minimum absolute atomic E-state index is 0.301. The Balaban J connectivity index is 3.17. The number of rotatable bonds is 6. The van der Waals surface area contributed by atoms with Crippen LogP contribution in [-0.4, -0.2) is 36.8 Å². The second-order valence-corrected chi connectivity index (χ2v) is 2.29. The summed E-state index contributed by atoms with van der Waals surface area (Å²) in [4.78, 5) is 10.2. The Morgan fingerprint density at radius 1 is 1.64 bits per heavy atom. The third-order valence-corrected chi connectivity index (χ3v) is 1.24. The summed E-state index contributed by atoms with van der Waals surface area (Å²) < 4.78 is 0. The van der Waals surface area contributed by atoms with Gasteiger partial charge in [0.2, 0.25) is 0 Å². The van der Waals surface area contributed by atoms with E-state index < -0.39 is 12.0 Å². The normalized spacial score (nSPS) is 12.9. The Kier molecular flexibility index (Phi) is 5.73. The van der Waals surface area contributed by atoms with Gasteiger partial charge in [-0.25, -0.2) is 0 Å². The van der Waals surface area contributed by atoms with E-state index in [1.165, 1.54) is 0 Å². The highest BCUT2D eigenvalue weighted by atomic mass is 16.4. The number of aliphatic carboxylic acids is 1. The van der Waals surface area contributed by atoms with E-state index in [1.54, 1.807) is 0 Å². The zero-order valence-electron chi connectivity index (χ0n) is 6.42. The fraction of sp³-hybridized carbons (Fsp3) is 0.833. The second kappa shape index (κ2) is 6.09. The first-order valence-corrected chi connectivity index (χ1v) is 3.57. The Morgan fingerprint density at radius 2 is 2.27 bits per heavy atom. The molecule has 11 heavy (non-hydrogen) atoms. The van der Waals surface area contributed by atoms with Crippen LogP contribution in [0.15, 0.2) is 0 Å². The summed E-state index contributed by atoms with van der Waals surface area (Å²) in [5.41, 5.74) is 10.4.